The summed E-state index contributed by atoms with van der Waals surface area (Å²) in [6.07, 6.45) is 3.72. The topological polar surface area (TPSA) is 93.8 Å². The predicted molar refractivity (Wildman–Crippen MR) is 90.4 cm³/mol. The number of hydrogen-bond acceptors (Lipinski definition) is 5. The van der Waals surface area contributed by atoms with Crippen LogP contribution in [0.2, 0.25) is 0 Å². The summed E-state index contributed by atoms with van der Waals surface area (Å²) < 4.78 is 0. The molecule has 1 atom stereocenters. The minimum Gasteiger partial charge on any atom is -0.352 e. The molecule has 3 N–H and O–H groups in total. The molecule has 2 rings (SSSR count). The van der Waals surface area contributed by atoms with Crippen LogP contribution in [0.25, 0.3) is 0 Å². The molecule has 4 amide bonds. The van der Waals surface area contributed by atoms with Gasteiger partial charge in [-0.15, -0.1) is 6.58 Å². The molecule has 8 nitrogen and oxygen atoms in total. The number of carbonyl (C=O) groups excluding carboxylic acids is 3. The van der Waals surface area contributed by atoms with E-state index in [1.807, 2.05) is 11.8 Å². The number of hydrogen-bond donors (Lipinski definition) is 3. The Hall–Kier alpha value is -1.93. The van der Waals surface area contributed by atoms with Gasteiger partial charge in [0.05, 0.1) is 12.6 Å². The summed E-state index contributed by atoms with van der Waals surface area (Å²) in [5.74, 6) is -0.243. The normalized spacial score (nSPS) is 20.0. The first-order chi connectivity index (χ1) is 11.5. The fourth-order valence-corrected chi connectivity index (χ4v) is 2.60. The van der Waals surface area contributed by atoms with Gasteiger partial charge in [-0.3, -0.25) is 24.7 Å². The number of piperazine rings is 1. The molecule has 0 spiro atoms. The van der Waals surface area contributed by atoms with Crippen LogP contribution in [0.1, 0.15) is 19.8 Å². The van der Waals surface area contributed by atoms with Crippen LogP contribution in [-0.2, 0) is 9.59 Å². The first-order valence-electron chi connectivity index (χ1n) is 8.45. The smallest absolute Gasteiger partial charge is 0.321 e. The van der Waals surface area contributed by atoms with Gasteiger partial charge in [0.15, 0.2) is 0 Å². The van der Waals surface area contributed by atoms with Gasteiger partial charge in [0.25, 0.3) is 0 Å². The number of rotatable bonds is 7. The second-order valence-electron chi connectivity index (χ2n) is 6.32. The van der Waals surface area contributed by atoms with Gasteiger partial charge in [0.2, 0.25) is 11.8 Å². The lowest BCUT2D eigenvalue weighted by Crippen LogP contribution is -2.55. The SMILES string of the molecule is C=CCNC(=O)NC(=O)CN1CCN(C(C)C(=O)NC2CC2)CC1. The Balaban J connectivity index is 1.66. The zero-order valence-electron chi connectivity index (χ0n) is 14.2. The molecule has 1 heterocycles. The molecule has 2 aliphatic rings. The van der Waals surface area contributed by atoms with Crippen molar-refractivity contribution >= 4 is 17.8 Å². The molecule has 2 fully saturated rings. The number of urea groups is 1. The minimum absolute atomic E-state index is 0.0857. The summed E-state index contributed by atoms with van der Waals surface area (Å²) in [7, 11) is 0. The number of imide groups is 1. The molecular weight excluding hydrogens is 310 g/mol. The quantitative estimate of drug-likeness (QED) is 0.533. The van der Waals surface area contributed by atoms with Crippen LogP contribution in [0.5, 0.6) is 0 Å². The van der Waals surface area contributed by atoms with Gasteiger partial charge in [0, 0.05) is 38.8 Å². The molecule has 0 aromatic heterocycles. The molecule has 0 bridgehead atoms. The van der Waals surface area contributed by atoms with Crippen molar-refractivity contribution in [3.05, 3.63) is 12.7 Å². The number of amides is 4. The van der Waals surface area contributed by atoms with E-state index in [4.69, 9.17) is 0 Å². The van der Waals surface area contributed by atoms with E-state index in [1.165, 1.54) is 0 Å². The van der Waals surface area contributed by atoms with Crippen LogP contribution in [0.3, 0.4) is 0 Å². The molecule has 8 heteroatoms. The molecule has 0 aromatic carbocycles. The first kappa shape index (κ1) is 18.4. The lowest BCUT2D eigenvalue weighted by Gasteiger charge is -2.37. The maximum absolute atomic E-state index is 12.1. The third kappa shape index (κ3) is 5.93. The first-order valence-corrected chi connectivity index (χ1v) is 8.45. The summed E-state index contributed by atoms with van der Waals surface area (Å²) in [6, 6.07) is -0.285. The third-order valence-electron chi connectivity index (χ3n) is 4.28. The van der Waals surface area contributed by atoms with Crippen molar-refractivity contribution in [1.29, 1.82) is 0 Å². The minimum atomic E-state index is -0.510. The Labute approximate surface area is 142 Å². The third-order valence-corrected chi connectivity index (χ3v) is 4.28. The zero-order chi connectivity index (χ0) is 17.5. The second-order valence-corrected chi connectivity index (χ2v) is 6.32. The number of carbonyl (C=O) groups is 3. The highest BCUT2D eigenvalue weighted by molar-refractivity contribution is 5.95. The molecule has 1 saturated carbocycles. The number of nitrogens with zero attached hydrogens (tertiary/aromatic N) is 2. The fraction of sp³-hybridized carbons (Fsp3) is 0.688. The molecule has 1 saturated heterocycles. The van der Waals surface area contributed by atoms with Crippen LogP contribution in [0, 0.1) is 0 Å². The Morgan fingerprint density at radius 1 is 1.21 bits per heavy atom. The average molecular weight is 337 g/mol. The summed E-state index contributed by atoms with van der Waals surface area (Å²) >= 11 is 0. The van der Waals surface area contributed by atoms with Crippen molar-refractivity contribution in [3.8, 4) is 0 Å². The zero-order valence-corrected chi connectivity index (χ0v) is 14.2. The molecule has 24 heavy (non-hydrogen) atoms. The monoisotopic (exact) mass is 337 g/mol. The van der Waals surface area contributed by atoms with Crippen molar-refractivity contribution in [2.75, 3.05) is 39.3 Å². The maximum Gasteiger partial charge on any atom is 0.321 e. The van der Waals surface area contributed by atoms with Gasteiger partial charge in [-0.2, -0.15) is 0 Å². The van der Waals surface area contributed by atoms with Gasteiger partial charge in [-0.05, 0) is 19.8 Å². The Kier molecular flexibility index (Phi) is 6.74. The fourth-order valence-electron chi connectivity index (χ4n) is 2.60. The summed E-state index contributed by atoms with van der Waals surface area (Å²) in [5, 5.41) is 7.80. The van der Waals surface area contributed by atoms with Gasteiger partial charge in [-0.1, -0.05) is 6.08 Å². The van der Waals surface area contributed by atoms with Crippen LogP contribution in [-0.4, -0.2) is 79.0 Å². The highest BCUT2D eigenvalue weighted by Gasteiger charge is 2.30. The second kappa shape index (κ2) is 8.79. The van der Waals surface area contributed by atoms with Crippen molar-refractivity contribution in [2.45, 2.75) is 31.8 Å². The summed E-state index contributed by atoms with van der Waals surface area (Å²) in [5.41, 5.74) is 0. The van der Waals surface area contributed by atoms with Gasteiger partial charge in [0.1, 0.15) is 0 Å². The Morgan fingerprint density at radius 3 is 2.46 bits per heavy atom. The Bertz CT molecular complexity index is 484. The van der Waals surface area contributed by atoms with E-state index in [9.17, 15) is 14.4 Å². The van der Waals surface area contributed by atoms with Crippen molar-refractivity contribution in [1.82, 2.24) is 25.8 Å². The Morgan fingerprint density at radius 2 is 1.88 bits per heavy atom. The van der Waals surface area contributed by atoms with Crippen molar-refractivity contribution in [2.24, 2.45) is 0 Å². The largest absolute Gasteiger partial charge is 0.352 e. The lowest BCUT2D eigenvalue weighted by atomic mass is 10.2. The predicted octanol–water partition coefficient (Wildman–Crippen LogP) is -0.717. The summed E-state index contributed by atoms with van der Waals surface area (Å²) in [4.78, 5) is 39.4. The van der Waals surface area contributed by atoms with E-state index in [0.29, 0.717) is 25.7 Å². The molecule has 0 radical (unpaired) electrons. The molecular formula is C16H27N5O3. The van der Waals surface area contributed by atoms with E-state index in [1.54, 1.807) is 6.08 Å². The van der Waals surface area contributed by atoms with Gasteiger partial charge < -0.3 is 10.6 Å². The molecule has 0 aromatic rings. The average Bonchev–Trinajstić information content (AvgIpc) is 3.36. The van der Waals surface area contributed by atoms with Gasteiger partial charge >= 0.3 is 6.03 Å². The number of nitrogens with one attached hydrogen (secondary N) is 3. The highest BCUT2D eigenvalue weighted by atomic mass is 16.2. The standard InChI is InChI=1S/C16H27N5O3/c1-3-6-17-16(24)19-14(22)11-20-7-9-21(10-8-20)12(2)15(23)18-13-4-5-13/h3,12-13H,1,4-11H2,2H3,(H,18,23)(H2,17,19,22,24). The van der Waals surface area contributed by atoms with E-state index in [2.05, 4.69) is 27.4 Å². The van der Waals surface area contributed by atoms with Crippen molar-refractivity contribution in [3.63, 3.8) is 0 Å². The maximum atomic E-state index is 12.1. The van der Waals surface area contributed by atoms with E-state index >= 15 is 0 Å². The highest BCUT2D eigenvalue weighted by Crippen LogP contribution is 2.19. The van der Waals surface area contributed by atoms with Crippen LogP contribution >= 0.6 is 0 Å². The molecule has 1 aliphatic heterocycles. The molecule has 134 valence electrons. The van der Waals surface area contributed by atoms with Crippen LogP contribution in [0.15, 0.2) is 12.7 Å². The van der Waals surface area contributed by atoms with Crippen molar-refractivity contribution < 1.29 is 14.4 Å². The van der Waals surface area contributed by atoms with Crippen LogP contribution in [0.4, 0.5) is 4.79 Å². The molecule has 1 unspecified atom stereocenters. The van der Waals surface area contributed by atoms with E-state index in [0.717, 1.165) is 25.9 Å². The van der Waals surface area contributed by atoms with E-state index in [-0.39, 0.29) is 24.4 Å². The lowest BCUT2D eigenvalue weighted by molar-refractivity contribution is -0.127. The van der Waals surface area contributed by atoms with E-state index < -0.39 is 6.03 Å². The summed E-state index contributed by atoms with van der Waals surface area (Å²) in [6.45, 7) is 8.76. The van der Waals surface area contributed by atoms with Gasteiger partial charge in [-0.25, -0.2) is 4.79 Å². The van der Waals surface area contributed by atoms with Crippen LogP contribution < -0.4 is 16.0 Å². The molecule has 1 aliphatic carbocycles.